The minimum atomic E-state index is 0.106. The Morgan fingerprint density at radius 1 is 1.57 bits per heavy atom. The maximum absolute atomic E-state index is 5.05. The average molecular weight is 191 g/mol. The summed E-state index contributed by atoms with van der Waals surface area (Å²) in [7, 11) is 3.87. The van der Waals surface area contributed by atoms with Gasteiger partial charge in [-0.3, -0.25) is 0 Å². The number of nitrogens with zero attached hydrogens (tertiary/aromatic N) is 2. The quantitative estimate of drug-likeness (QED) is 0.795. The topological polar surface area (TPSA) is 43.0 Å². The van der Waals surface area contributed by atoms with Crippen LogP contribution in [0.3, 0.4) is 0 Å². The van der Waals surface area contributed by atoms with Gasteiger partial charge in [0.2, 0.25) is 0 Å². The standard InChI is InChI=1S/C10H13N3O/c1-11-10(8-3-4-14-6-8)9-5-13(2)7-12-9/h3-7,10-11H,1-2H3. The van der Waals surface area contributed by atoms with E-state index in [-0.39, 0.29) is 6.04 Å². The van der Waals surface area contributed by atoms with Crippen LogP contribution in [-0.4, -0.2) is 16.6 Å². The van der Waals surface area contributed by atoms with Gasteiger partial charge in [0, 0.05) is 18.8 Å². The third kappa shape index (κ3) is 1.56. The predicted molar refractivity (Wildman–Crippen MR) is 52.8 cm³/mol. The molecule has 1 N–H and O–H groups in total. The van der Waals surface area contributed by atoms with Crippen LogP contribution in [0.25, 0.3) is 0 Å². The molecule has 0 aromatic carbocycles. The maximum atomic E-state index is 5.05. The van der Waals surface area contributed by atoms with E-state index in [2.05, 4.69) is 10.3 Å². The van der Waals surface area contributed by atoms with Gasteiger partial charge in [-0.15, -0.1) is 0 Å². The van der Waals surface area contributed by atoms with Crippen LogP contribution in [0.1, 0.15) is 17.3 Å². The summed E-state index contributed by atoms with van der Waals surface area (Å²) in [6.45, 7) is 0. The summed E-state index contributed by atoms with van der Waals surface area (Å²) < 4.78 is 6.98. The Hall–Kier alpha value is -1.55. The zero-order chi connectivity index (χ0) is 9.97. The van der Waals surface area contributed by atoms with Gasteiger partial charge < -0.3 is 14.3 Å². The van der Waals surface area contributed by atoms with Crippen molar-refractivity contribution >= 4 is 0 Å². The molecule has 4 nitrogen and oxygen atoms in total. The molecule has 0 aliphatic rings. The fourth-order valence-electron chi connectivity index (χ4n) is 1.51. The summed E-state index contributed by atoms with van der Waals surface area (Å²) in [5.41, 5.74) is 2.09. The van der Waals surface area contributed by atoms with Crippen LogP contribution in [0.4, 0.5) is 0 Å². The first-order chi connectivity index (χ1) is 6.81. The highest BCUT2D eigenvalue weighted by atomic mass is 16.3. The van der Waals surface area contributed by atoms with Crippen molar-refractivity contribution in [1.82, 2.24) is 14.9 Å². The second-order valence-corrected chi connectivity index (χ2v) is 3.24. The molecule has 0 aliphatic heterocycles. The number of hydrogen-bond donors (Lipinski definition) is 1. The lowest BCUT2D eigenvalue weighted by Crippen LogP contribution is -2.17. The zero-order valence-corrected chi connectivity index (χ0v) is 8.27. The van der Waals surface area contributed by atoms with Crippen molar-refractivity contribution in [3.8, 4) is 0 Å². The minimum Gasteiger partial charge on any atom is -0.472 e. The van der Waals surface area contributed by atoms with Gasteiger partial charge >= 0.3 is 0 Å². The first-order valence-corrected chi connectivity index (χ1v) is 4.48. The number of rotatable bonds is 3. The van der Waals surface area contributed by atoms with E-state index in [1.165, 1.54) is 0 Å². The molecular weight excluding hydrogens is 178 g/mol. The number of furan rings is 1. The fraction of sp³-hybridized carbons (Fsp3) is 0.300. The molecule has 0 aliphatic carbocycles. The molecule has 0 saturated heterocycles. The Labute approximate surface area is 82.6 Å². The number of imidazole rings is 1. The molecule has 0 bridgehead atoms. The first kappa shape index (κ1) is 9.02. The molecule has 0 amide bonds. The molecule has 2 aromatic rings. The van der Waals surface area contributed by atoms with E-state index in [1.807, 2.05) is 30.9 Å². The van der Waals surface area contributed by atoms with Gasteiger partial charge in [0.15, 0.2) is 0 Å². The molecule has 14 heavy (non-hydrogen) atoms. The monoisotopic (exact) mass is 191 g/mol. The summed E-state index contributed by atoms with van der Waals surface area (Å²) in [6.07, 6.45) is 7.19. The maximum Gasteiger partial charge on any atom is 0.0954 e. The largest absolute Gasteiger partial charge is 0.472 e. The van der Waals surface area contributed by atoms with Crippen LogP contribution in [0.5, 0.6) is 0 Å². The van der Waals surface area contributed by atoms with Gasteiger partial charge in [-0.25, -0.2) is 4.98 Å². The Morgan fingerprint density at radius 2 is 2.43 bits per heavy atom. The SMILES string of the molecule is CNC(c1ccoc1)c1cn(C)cn1. The smallest absolute Gasteiger partial charge is 0.0954 e. The number of hydrogen-bond acceptors (Lipinski definition) is 3. The highest BCUT2D eigenvalue weighted by Gasteiger charge is 2.14. The van der Waals surface area contributed by atoms with Gasteiger partial charge in [0.1, 0.15) is 0 Å². The van der Waals surface area contributed by atoms with Gasteiger partial charge in [-0.1, -0.05) is 0 Å². The van der Waals surface area contributed by atoms with Crippen molar-refractivity contribution < 1.29 is 4.42 Å². The second-order valence-electron chi connectivity index (χ2n) is 3.24. The summed E-state index contributed by atoms with van der Waals surface area (Å²) >= 11 is 0. The van der Waals surface area contributed by atoms with Crippen molar-refractivity contribution in [2.24, 2.45) is 7.05 Å². The Balaban J connectivity index is 2.31. The van der Waals surface area contributed by atoms with E-state index >= 15 is 0 Å². The molecule has 0 fully saturated rings. The van der Waals surface area contributed by atoms with E-state index < -0.39 is 0 Å². The molecule has 0 spiro atoms. The van der Waals surface area contributed by atoms with Crippen molar-refractivity contribution in [2.45, 2.75) is 6.04 Å². The molecule has 1 unspecified atom stereocenters. The lowest BCUT2D eigenvalue weighted by molar-refractivity contribution is 0.556. The van der Waals surface area contributed by atoms with Crippen LogP contribution in [0.2, 0.25) is 0 Å². The zero-order valence-electron chi connectivity index (χ0n) is 8.27. The molecule has 0 radical (unpaired) electrons. The van der Waals surface area contributed by atoms with Gasteiger partial charge in [-0.2, -0.15) is 0 Å². The molecule has 2 aromatic heterocycles. The minimum absolute atomic E-state index is 0.106. The highest BCUT2D eigenvalue weighted by molar-refractivity contribution is 5.22. The summed E-state index contributed by atoms with van der Waals surface area (Å²) in [4.78, 5) is 4.30. The normalized spacial score (nSPS) is 13.0. The summed E-state index contributed by atoms with van der Waals surface area (Å²) in [6, 6.07) is 2.05. The van der Waals surface area contributed by atoms with Gasteiger partial charge in [-0.05, 0) is 13.1 Å². The van der Waals surface area contributed by atoms with Crippen LogP contribution >= 0.6 is 0 Å². The van der Waals surface area contributed by atoms with Crippen molar-refractivity contribution in [3.63, 3.8) is 0 Å². The van der Waals surface area contributed by atoms with Crippen LogP contribution in [0.15, 0.2) is 35.5 Å². The van der Waals surface area contributed by atoms with E-state index in [0.717, 1.165) is 11.3 Å². The fourth-order valence-corrected chi connectivity index (χ4v) is 1.51. The Kier molecular flexibility index (Phi) is 2.37. The summed E-state index contributed by atoms with van der Waals surface area (Å²) in [5.74, 6) is 0. The van der Waals surface area contributed by atoms with Crippen LogP contribution < -0.4 is 5.32 Å². The van der Waals surface area contributed by atoms with Crippen molar-refractivity contribution in [3.05, 3.63) is 42.4 Å². The van der Waals surface area contributed by atoms with Gasteiger partial charge in [0.05, 0.1) is 30.6 Å². The average Bonchev–Trinajstić information content (AvgIpc) is 2.79. The van der Waals surface area contributed by atoms with Crippen molar-refractivity contribution in [2.75, 3.05) is 7.05 Å². The van der Waals surface area contributed by atoms with Crippen LogP contribution in [-0.2, 0) is 7.05 Å². The Bertz CT molecular complexity index is 391. The van der Waals surface area contributed by atoms with Crippen LogP contribution in [0, 0.1) is 0 Å². The lowest BCUT2D eigenvalue weighted by Gasteiger charge is -2.10. The molecule has 74 valence electrons. The van der Waals surface area contributed by atoms with E-state index in [1.54, 1.807) is 18.9 Å². The second kappa shape index (κ2) is 3.67. The van der Waals surface area contributed by atoms with E-state index in [0.29, 0.717) is 0 Å². The van der Waals surface area contributed by atoms with Gasteiger partial charge in [0.25, 0.3) is 0 Å². The first-order valence-electron chi connectivity index (χ1n) is 4.48. The predicted octanol–water partition coefficient (Wildman–Crippen LogP) is 1.32. The lowest BCUT2D eigenvalue weighted by atomic mass is 10.1. The van der Waals surface area contributed by atoms with E-state index in [4.69, 9.17) is 4.42 Å². The number of aryl methyl sites for hydroxylation is 1. The third-order valence-corrected chi connectivity index (χ3v) is 2.19. The summed E-state index contributed by atoms with van der Waals surface area (Å²) in [5, 5.41) is 3.20. The molecule has 4 heteroatoms. The molecule has 0 saturated carbocycles. The number of nitrogens with one attached hydrogen (secondary N) is 1. The highest BCUT2D eigenvalue weighted by Crippen LogP contribution is 2.19. The van der Waals surface area contributed by atoms with Crippen molar-refractivity contribution in [1.29, 1.82) is 0 Å². The van der Waals surface area contributed by atoms with E-state index in [9.17, 15) is 0 Å². The Morgan fingerprint density at radius 3 is 2.93 bits per heavy atom. The molecule has 1 atom stereocenters. The number of aromatic nitrogens is 2. The third-order valence-electron chi connectivity index (χ3n) is 2.19. The molecular formula is C10H13N3O. The molecule has 2 rings (SSSR count). The molecule has 2 heterocycles.